The number of nitrogens with zero attached hydrogens (tertiary/aromatic N) is 4. The van der Waals surface area contributed by atoms with Gasteiger partial charge in [0.05, 0.1) is 36.4 Å². The second kappa shape index (κ2) is 9.26. The molecule has 1 N–H and O–H groups in total. The minimum absolute atomic E-state index is 0.0103. The van der Waals surface area contributed by atoms with E-state index in [1.807, 2.05) is 59.6 Å². The van der Waals surface area contributed by atoms with Crippen molar-refractivity contribution in [2.24, 2.45) is 0 Å². The third-order valence-electron chi connectivity index (χ3n) is 6.10. The predicted molar refractivity (Wildman–Crippen MR) is 126 cm³/mol. The molecule has 1 aromatic heterocycles. The van der Waals surface area contributed by atoms with E-state index in [-0.39, 0.29) is 12.0 Å². The third kappa shape index (κ3) is 4.32. The van der Waals surface area contributed by atoms with Crippen LogP contribution in [-0.4, -0.2) is 39.8 Å². The van der Waals surface area contributed by atoms with Gasteiger partial charge in [-0.1, -0.05) is 35.9 Å². The van der Waals surface area contributed by atoms with Crippen LogP contribution in [0, 0.1) is 11.3 Å². The topological polar surface area (TPSA) is 83.2 Å². The predicted octanol–water partition coefficient (Wildman–Crippen LogP) is 4.86. The van der Waals surface area contributed by atoms with Crippen LogP contribution < -0.4 is 5.32 Å². The lowest BCUT2D eigenvalue weighted by atomic mass is 10.0. The standard InChI is InChI=1S/C25H24ClN5O2/c26-18-10-8-17(9-11-18)23-21(16-30(29-23)13-4-12-27)24-28-22-7-2-1-6-20(22)25(32)31(24)15-19-5-3-14-33-19/h1-2,6-11,16,19,24,28H,3-5,13-15H2/t19-,24-/m1/s1. The summed E-state index contributed by atoms with van der Waals surface area (Å²) < 4.78 is 7.65. The van der Waals surface area contributed by atoms with E-state index in [2.05, 4.69) is 11.4 Å². The molecule has 1 fully saturated rings. The Morgan fingerprint density at radius 3 is 2.79 bits per heavy atom. The zero-order chi connectivity index (χ0) is 22.8. The van der Waals surface area contributed by atoms with Gasteiger partial charge in [-0.15, -0.1) is 0 Å². The van der Waals surface area contributed by atoms with E-state index >= 15 is 0 Å². The Morgan fingerprint density at radius 2 is 2.03 bits per heavy atom. The van der Waals surface area contributed by atoms with Gasteiger partial charge in [0.2, 0.25) is 0 Å². The van der Waals surface area contributed by atoms with Crippen LogP contribution in [-0.2, 0) is 11.3 Å². The van der Waals surface area contributed by atoms with E-state index in [1.165, 1.54) is 0 Å². The van der Waals surface area contributed by atoms with Gasteiger partial charge in [0.15, 0.2) is 0 Å². The summed E-state index contributed by atoms with van der Waals surface area (Å²) in [5, 5.41) is 18.1. The van der Waals surface area contributed by atoms with Gasteiger partial charge in [-0.2, -0.15) is 10.4 Å². The largest absolute Gasteiger partial charge is 0.376 e. The molecular formula is C25H24ClN5O2. The molecule has 168 valence electrons. The molecule has 33 heavy (non-hydrogen) atoms. The van der Waals surface area contributed by atoms with Crippen molar-refractivity contribution in [2.45, 2.75) is 38.1 Å². The SMILES string of the molecule is N#CCCn1cc([C@@H]2Nc3ccccc3C(=O)N2C[C@H]2CCCO2)c(-c2ccc(Cl)cc2)n1. The lowest BCUT2D eigenvalue weighted by Crippen LogP contribution is -2.46. The van der Waals surface area contributed by atoms with Crippen molar-refractivity contribution in [1.29, 1.82) is 5.26 Å². The zero-order valence-electron chi connectivity index (χ0n) is 18.1. The van der Waals surface area contributed by atoms with Crippen molar-refractivity contribution < 1.29 is 9.53 Å². The number of hydrogen-bond acceptors (Lipinski definition) is 5. The number of rotatable bonds is 6. The number of carbonyl (C=O) groups excluding carboxylic acids is 1. The highest BCUT2D eigenvalue weighted by atomic mass is 35.5. The van der Waals surface area contributed by atoms with Gasteiger partial charge >= 0.3 is 0 Å². The molecule has 0 saturated carbocycles. The number of aromatic nitrogens is 2. The highest BCUT2D eigenvalue weighted by Crippen LogP contribution is 2.38. The maximum absolute atomic E-state index is 13.6. The first-order valence-electron chi connectivity index (χ1n) is 11.1. The van der Waals surface area contributed by atoms with E-state index in [9.17, 15) is 4.79 Å². The first-order valence-corrected chi connectivity index (χ1v) is 11.5. The van der Waals surface area contributed by atoms with Crippen molar-refractivity contribution in [3.63, 3.8) is 0 Å². The average molecular weight is 462 g/mol. The Labute approximate surface area is 197 Å². The van der Waals surface area contributed by atoms with Crippen LogP contribution in [0.15, 0.2) is 54.7 Å². The quantitative estimate of drug-likeness (QED) is 0.566. The van der Waals surface area contributed by atoms with Crippen LogP contribution in [0.25, 0.3) is 11.3 Å². The summed E-state index contributed by atoms with van der Waals surface area (Å²) in [7, 11) is 0. The summed E-state index contributed by atoms with van der Waals surface area (Å²) >= 11 is 6.11. The van der Waals surface area contributed by atoms with E-state index in [0.717, 1.165) is 42.0 Å². The van der Waals surface area contributed by atoms with Gasteiger partial charge < -0.3 is 15.0 Å². The molecule has 3 aromatic rings. The molecule has 5 rings (SSSR count). The van der Waals surface area contributed by atoms with Crippen LogP contribution in [0.5, 0.6) is 0 Å². The van der Waals surface area contributed by atoms with E-state index in [1.54, 1.807) is 4.68 Å². The highest BCUT2D eigenvalue weighted by molar-refractivity contribution is 6.30. The second-order valence-corrected chi connectivity index (χ2v) is 8.73. The first-order chi connectivity index (χ1) is 16.1. The number of anilines is 1. The van der Waals surface area contributed by atoms with Gasteiger partial charge in [0, 0.05) is 41.2 Å². The Kier molecular flexibility index (Phi) is 6.03. The number of carbonyl (C=O) groups is 1. The molecular weight excluding hydrogens is 438 g/mol. The second-order valence-electron chi connectivity index (χ2n) is 8.30. The summed E-state index contributed by atoms with van der Waals surface area (Å²) in [6.07, 6.45) is 3.81. The molecule has 0 unspecified atom stereocenters. The molecule has 2 aliphatic rings. The molecule has 8 heteroatoms. The molecule has 0 aliphatic carbocycles. The molecule has 1 saturated heterocycles. The summed E-state index contributed by atoms with van der Waals surface area (Å²) in [6, 6.07) is 17.2. The number of aryl methyl sites for hydroxylation is 1. The van der Waals surface area contributed by atoms with E-state index in [0.29, 0.717) is 30.1 Å². The third-order valence-corrected chi connectivity index (χ3v) is 6.35. The summed E-state index contributed by atoms with van der Waals surface area (Å²) in [5.41, 5.74) is 3.97. The normalized spacial score (nSPS) is 19.8. The smallest absolute Gasteiger partial charge is 0.257 e. The molecule has 2 aromatic carbocycles. The molecule has 0 radical (unpaired) electrons. The zero-order valence-corrected chi connectivity index (χ0v) is 18.8. The van der Waals surface area contributed by atoms with Gasteiger partial charge in [-0.05, 0) is 37.1 Å². The van der Waals surface area contributed by atoms with Gasteiger partial charge in [0.1, 0.15) is 6.17 Å². The molecule has 2 aliphatic heterocycles. The fourth-order valence-electron chi connectivity index (χ4n) is 4.48. The Bertz CT molecular complexity index is 1190. The van der Waals surface area contributed by atoms with Crippen LogP contribution in [0.1, 0.15) is 41.3 Å². The molecule has 2 atom stereocenters. The highest BCUT2D eigenvalue weighted by Gasteiger charge is 2.37. The maximum atomic E-state index is 13.6. The van der Waals surface area contributed by atoms with Crippen LogP contribution >= 0.6 is 11.6 Å². The van der Waals surface area contributed by atoms with Crippen molar-refractivity contribution in [3.05, 3.63) is 70.9 Å². The molecule has 0 bridgehead atoms. The maximum Gasteiger partial charge on any atom is 0.257 e. The lowest BCUT2D eigenvalue weighted by molar-refractivity contribution is 0.0427. The van der Waals surface area contributed by atoms with Crippen molar-refractivity contribution in [2.75, 3.05) is 18.5 Å². The summed E-state index contributed by atoms with van der Waals surface area (Å²) in [4.78, 5) is 15.5. The fourth-order valence-corrected chi connectivity index (χ4v) is 4.61. The average Bonchev–Trinajstić information content (AvgIpc) is 3.50. The molecule has 7 nitrogen and oxygen atoms in total. The molecule has 3 heterocycles. The number of amides is 1. The Hall–Kier alpha value is -3.34. The summed E-state index contributed by atoms with van der Waals surface area (Å²) in [6.45, 7) is 1.69. The number of nitriles is 1. The van der Waals surface area contributed by atoms with Crippen LogP contribution in [0.2, 0.25) is 5.02 Å². The van der Waals surface area contributed by atoms with Crippen LogP contribution in [0.4, 0.5) is 5.69 Å². The minimum Gasteiger partial charge on any atom is -0.376 e. The van der Waals surface area contributed by atoms with Crippen molar-refractivity contribution >= 4 is 23.2 Å². The number of hydrogen-bond donors (Lipinski definition) is 1. The molecule has 0 spiro atoms. The number of para-hydroxylation sites is 1. The number of halogens is 1. The van der Waals surface area contributed by atoms with Gasteiger partial charge in [-0.3, -0.25) is 9.48 Å². The van der Waals surface area contributed by atoms with Crippen LogP contribution in [0.3, 0.4) is 0 Å². The number of ether oxygens (including phenoxy) is 1. The number of fused-ring (bicyclic) bond motifs is 1. The van der Waals surface area contributed by atoms with Gasteiger partial charge in [0.25, 0.3) is 5.91 Å². The summed E-state index contributed by atoms with van der Waals surface area (Å²) in [5.74, 6) is -0.0309. The molecule has 1 amide bonds. The first kappa shape index (κ1) is 21.5. The van der Waals surface area contributed by atoms with Gasteiger partial charge in [-0.25, -0.2) is 0 Å². The van der Waals surface area contributed by atoms with E-state index < -0.39 is 6.17 Å². The monoisotopic (exact) mass is 461 g/mol. The minimum atomic E-state index is -0.418. The lowest BCUT2D eigenvalue weighted by Gasteiger charge is -2.39. The Morgan fingerprint density at radius 1 is 1.21 bits per heavy atom. The van der Waals surface area contributed by atoms with E-state index in [4.69, 9.17) is 26.7 Å². The fraction of sp³-hybridized carbons (Fsp3) is 0.320. The Balaban J connectivity index is 1.59. The number of nitrogens with one attached hydrogen (secondary N) is 1. The van der Waals surface area contributed by atoms with Crippen molar-refractivity contribution in [3.8, 4) is 17.3 Å². The van der Waals surface area contributed by atoms with Crippen molar-refractivity contribution in [1.82, 2.24) is 14.7 Å². The number of benzene rings is 2.